The molecule has 2 aromatic heterocycles. The molecule has 0 bridgehead atoms. The summed E-state index contributed by atoms with van der Waals surface area (Å²) in [7, 11) is 1.69. The van der Waals surface area contributed by atoms with Crippen LogP contribution >= 0.6 is 0 Å². The number of piperazine rings is 1. The van der Waals surface area contributed by atoms with Gasteiger partial charge in [0.05, 0.1) is 19.3 Å². The molecule has 0 saturated carbocycles. The SMILES string of the molecule is COc1ccc(N2CCN(c3cc(NCc4ccccn4)nc(C)n3)CC2)cc1. The fourth-order valence-electron chi connectivity index (χ4n) is 3.48. The first-order chi connectivity index (χ1) is 14.2. The summed E-state index contributed by atoms with van der Waals surface area (Å²) >= 11 is 0. The van der Waals surface area contributed by atoms with E-state index in [1.54, 1.807) is 13.3 Å². The van der Waals surface area contributed by atoms with Gasteiger partial charge in [0, 0.05) is 44.1 Å². The van der Waals surface area contributed by atoms with E-state index in [4.69, 9.17) is 4.74 Å². The molecule has 0 aliphatic carbocycles. The Morgan fingerprint density at radius 2 is 1.72 bits per heavy atom. The normalized spacial score (nSPS) is 14.0. The fraction of sp³-hybridized carbons (Fsp3) is 0.318. The van der Waals surface area contributed by atoms with Gasteiger partial charge in [-0.15, -0.1) is 0 Å². The number of pyridine rings is 1. The van der Waals surface area contributed by atoms with E-state index < -0.39 is 0 Å². The van der Waals surface area contributed by atoms with Gasteiger partial charge < -0.3 is 19.9 Å². The van der Waals surface area contributed by atoms with Crippen molar-refractivity contribution >= 4 is 17.3 Å². The predicted octanol–water partition coefficient (Wildman–Crippen LogP) is 3.13. The van der Waals surface area contributed by atoms with Crippen LogP contribution < -0.4 is 19.9 Å². The number of aromatic nitrogens is 3. The fourth-order valence-corrected chi connectivity index (χ4v) is 3.48. The number of hydrogen-bond acceptors (Lipinski definition) is 7. The summed E-state index contributed by atoms with van der Waals surface area (Å²) in [5.41, 5.74) is 2.21. The maximum absolute atomic E-state index is 5.25. The highest BCUT2D eigenvalue weighted by Crippen LogP contribution is 2.23. The molecule has 0 atom stereocenters. The first-order valence-electron chi connectivity index (χ1n) is 9.85. The van der Waals surface area contributed by atoms with Crippen molar-refractivity contribution in [3.8, 4) is 5.75 Å². The molecule has 29 heavy (non-hydrogen) atoms. The highest BCUT2D eigenvalue weighted by molar-refractivity contribution is 5.53. The third-order valence-corrected chi connectivity index (χ3v) is 5.04. The zero-order valence-electron chi connectivity index (χ0n) is 16.9. The van der Waals surface area contributed by atoms with Crippen molar-refractivity contribution < 1.29 is 4.74 Å². The molecule has 4 rings (SSSR count). The number of hydrogen-bond donors (Lipinski definition) is 1. The monoisotopic (exact) mass is 390 g/mol. The minimum Gasteiger partial charge on any atom is -0.497 e. The van der Waals surface area contributed by atoms with E-state index >= 15 is 0 Å². The van der Waals surface area contributed by atoms with Gasteiger partial charge in [-0.05, 0) is 43.3 Å². The average Bonchev–Trinajstić information content (AvgIpc) is 2.78. The molecule has 150 valence electrons. The number of anilines is 3. The van der Waals surface area contributed by atoms with Gasteiger partial charge in [0.15, 0.2) is 0 Å². The van der Waals surface area contributed by atoms with E-state index in [9.17, 15) is 0 Å². The summed E-state index contributed by atoms with van der Waals surface area (Å²) in [6, 6.07) is 16.2. The smallest absolute Gasteiger partial charge is 0.134 e. The molecule has 1 aliphatic rings. The standard InChI is InChI=1S/C22H26N6O/c1-17-25-21(24-16-18-5-3-4-10-23-18)15-22(26-17)28-13-11-27(12-14-28)19-6-8-20(29-2)9-7-19/h3-10,15H,11-14,16H2,1-2H3,(H,24,25,26). The lowest BCUT2D eigenvalue weighted by atomic mass is 10.2. The Kier molecular flexibility index (Phi) is 5.74. The maximum atomic E-state index is 5.25. The van der Waals surface area contributed by atoms with E-state index in [1.165, 1.54) is 5.69 Å². The van der Waals surface area contributed by atoms with Crippen molar-refractivity contribution in [3.05, 3.63) is 66.2 Å². The molecule has 3 aromatic rings. The van der Waals surface area contributed by atoms with Crippen LogP contribution in [0.4, 0.5) is 17.3 Å². The third-order valence-electron chi connectivity index (χ3n) is 5.04. The highest BCUT2D eigenvalue weighted by atomic mass is 16.5. The molecular weight excluding hydrogens is 364 g/mol. The lowest BCUT2D eigenvalue weighted by Gasteiger charge is -2.37. The Morgan fingerprint density at radius 1 is 0.966 bits per heavy atom. The molecule has 0 amide bonds. The quantitative estimate of drug-likeness (QED) is 0.694. The number of benzene rings is 1. The van der Waals surface area contributed by atoms with E-state index in [-0.39, 0.29) is 0 Å². The molecule has 0 radical (unpaired) electrons. The predicted molar refractivity (Wildman–Crippen MR) is 116 cm³/mol. The van der Waals surface area contributed by atoms with Gasteiger partial charge in [-0.3, -0.25) is 4.98 Å². The van der Waals surface area contributed by atoms with E-state index in [0.29, 0.717) is 6.54 Å². The van der Waals surface area contributed by atoms with Crippen molar-refractivity contribution in [2.45, 2.75) is 13.5 Å². The van der Waals surface area contributed by atoms with Gasteiger partial charge in [0.2, 0.25) is 0 Å². The number of nitrogens with one attached hydrogen (secondary N) is 1. The molecule has 7 nitrogen and oxygen atoms in total. The van der Waals surface area contributed by atoms with Crippen molar-refractivity contribution in [2.75, 3.05) is 48.4 Å². The zero-order chi connectivity index (χ0) is 20.1. The molecular formula is C22H26N6O. The zero-order valence-corrected chi connectivity index (χ0v) is 16.9. The van der Waals surface area contributed by atoms with Gasteiger partial charge >= 0.3 is 0 Å². The highest BCUT2D eigenvalue weighted by Gasteiger charge is 2.19. The molecule has 1 aliphatic heterocycles. The van der Waals surface area contributed by atoms with E-state index in [0.717, 1.165) is 55.1 Å². The Balaban J connectivity index is 1.39. The largest absolute Gasteiger partial charge is 0.497 e. The van der Waals surface area contributed by atoms with Crippen LogP contribution in [-0.4, -0.2) is 48.2 Å². The Labute approximate surface area is 171 Å². The van der Waals surface area contributed by atoms with E-state index in [1.807, 2.05) is 43.3 Å². The lowest BCUT2D eigenvalue weighted by molar-refractivity contribution is 0.415. The Morgan fingerprint density at radius 3 is 2.41 bits per heavy atom. The molecule has 0 unspecified atom stereocenters. The second-order valence-corrected chi connectivity index (χ2v) is 7.01. The molecule has 1 aromatic carbocycles. The summed E-state index contributed by atoms with van der Waals surface area (Å²) in [6.45, 7) is 6.31. The van der Waals surface area contributed by atoms with Crippen LogP contribution in [0, 0.1) is 6.92 Å². The number of rotatable bonds is 6. The van der Waals surface area contributed by atoms with Crippen LogP contribution in [0.1, 0.15) is 11.5 Å². The number of aryl methyl sites for hydroxylation is 1. The summed E-state index contributed by atoms with van der Waals surface area (Å²) in [5.74, 6) is 3.45. The Bertz CT molecular complexity index is 924. The lowest BCUT2D eigenvalue weighted by Crippen LogP contribution is -2.46. The van der Waals surface area contributed by atoms with Crippen LogP contribution in [0.25, 0.3) is 0 Å². The second kappa shape index (κ2) is 8.77. The van der Waals surface area contributed by atoms with Crippen LogP contribution in [0.2, 0.25) is 0 Å². The second-order valence-electron chi connectivity index (χ2n) is 7.01. The summed E-state index contributed by atoms with van der Waals surface area (Å²) in [6.07, 6.45) is 1.80. The minimum absolute atomic E-state index is 0.641. The van der Waals surface area contributed by atoms with Gasteiger partial charge in [-0.1, -0.05) is 6.07 Å². The number of nitrogens with zero attached hydrogens (tertiary/aromatic N) is 5. The molecule has 3 heterocycles. The van der Waals surface area contributed by atoms with Gasteiger partial charge in [-0.25, -0.2) is 9.97 Å². The topological polar surface area (TPSA) is 66.4 Å². The third kappa shape index (κ3) is 4.74. The van der Waals surface area contributed by atoms with Crippen LogP contribution in [0.3, 0.4) is 0 Å². The van der Waals surface area contributed by atoms with Crippen LogP contribution in [0.5, 0.6) is 5.75 Å². The first-order valence-corrected chi connectivity index (χ1v) is 9.85. The minimum atomic E-state index is 0.641. The summed E-state index contributed by atoms with van der Waals surface area (Å²) < 4.78 is 5.25. The van der Waals surface area contributed by atoms with Gasteiger partial charge in [0.1, 0.15) is 23.2 Å². The summed E-state index contributed by atoms with van der Waals surface area (Å²) in [4.78, 5) is 18.2. The van der Waals surface area contributed by atoms with Crippen molar-refractivity contribution in [1.82, 2.24) is 15.0 Å². The van der Waals surface area contributed by atoms with Crippen molar-refractivity contribution in [2.24, 2.45) is 0 Å². The average molecular weight is 390 g/mol. The first kappa shape index (κ1) is 19.0. The van der Waals surface area contributed by atoms with E-state index in [2.05, 4.69) is 42.2 Å². The number of ether oxygens (including phenoxy) is 1. The Hall–Kier alpha value is -3.35. The maximum Gasteiger partial charge on any atom is 0.134 e. The number of methoxy groups -OCH3 is 1. The molecule has 1 fully saturated rings. The van der Waals surface area contributed by atoms with Gasteiger partial charge in [0.25, 0.3) is 0 Å². The molecule has 1 saturated heterocycles. The molecule has 0 spiro atoms. The van der Waals surface area contributed by atoms with Crippen molar-refractivity contribution in [3.63, 3.8) is 0 Å². The molecule has 7 heteroatoms. The summed E-state index contributed by atoms with van der Waals surface area (Å²) in [5, 5.41) is 3.36. The van der Waals surface area contributed by atoms with Crippen LogP contribution in [0.15, 0.2) is 54.7 Å². The molecule has 1 N–H and O–H groups in total. The van der Waals surface area contributed by atoms with Gasteiger partial charge in [-0.2, -0.15) is 0 Å². The van der Waals surface area contributed by atoms with Crippen LogP contribution in [-0.2, 0) is 6.54 Å². The van der Waals surface area contributed by atoms with Crippen molar-refractivity contribution in [1.29, 1.82) is 0 Å².